The summed E-state index contributed by atoms with van der Waals surface area (Å²) in [5.74, 6) is -7.05. The third-order valence-electron chi connectivity index (χ3n) is 8.05. The van der Waals surface area contributed by atoms with E-state index in [1.807, 2.05) is 0 Å². The molecule has 0 aliphatic rings. The standard InChI is InChI=1S/C31H36I6N6O15/c32-17-13(26(38)53)19(34)23(21(36)15(17)28(55)40-9(5-46)11(50)7-48)42(1-3-44)30(57)25(52)31(58)43(2-4-45)24-20(35)14(27(39)54)18(33)16(22(24)37)29(56)41-10(6-47)12(51)8-49/h9-12,25,44-52H,1-8H2,(H2,38,53)(H2,39,54)(H,40,55)(H,41,56). The molecule has 2 aromatic rings. The van der Waals surface area contributed by atoms with Crippen molar-refractivity contribution in [3.63, 3.8) is 0 Å². The predicted molar refractivity (Wildman–Crippen MR) is 254 cm³/mol. The Morgan fingerprint density at radius 3 is 1.03 bits per heavy atom. The molecule has 0 aromatic heterocycles. The maximum absolute atomic E-state index is 14.3. The lowest BCUT2D eigenvalue weighted by Gasteiger charge is -2.32. The van der Waals surface area contributed by atoms with Crippen molar-refractivity contribution in [2.45, 2.75) is 30.4 Å². The first-order valence-electron chi connectivity index (χ1n) is 16.1. The number of halogens is 6. The van der Waals surface area contributed by atoms with Crippen molar-refractivity contribution in [1.29, 1.82) is 0 Å². The summed E-state index contributed by atoms with van der Waals surface area (Å²) in [7, 11) is 0. The van der Waals surface area contributed by atoms with Gasteiger partial charge in [-0.15, -0.1) is 0 Å². The summed E-state index contributed by atoms with van der Waals surface area (Å²) < 4.78 is -0.380. The number of carbonyl (C=O) groups is 6. The van der Waals surface area contributed by atoms with E-state index in [0.29, 0.717) is 9.80 Å². The number of aliphatic hydroxyl groups excluding tert-OH is 9. The molecule has 0 saturated carbocycles. The molecule has 2 aromatic carbocycles. The van der Waals surface area contributed by atoms with Crippen LogP contribution in [-0.4, -0.2) is 165 Å². The molecule has 4 unspecified atom stereocenters. The van der Waals surface area contributed by atoms with Crippen molar-refractivity contribution >= 4 is 182 Å². The van der Waals surface area contributed by atoms with Gasteiger partial charge in [-0.2, -0.15) is 0 Å². The molecule has 15 N–H and O–H groups in total. The fourth-order valence-electron chi connectivity index (χ4n) is 5.13. The van der Waals surface area contributed by atoms with E-state index in [2.05, 4.69) is 10.6 Å². The summed E-state index contributed by atoms with van der Waals surface area (Å²) in [5.41, 5.74) is 9.58. The highest BCUT2D eigenvalue weighted by molar-refractivity contribution is 14.1. The van der Waals surface area contributed by atoms with E-state index in [1.165, 1.54) is 0 Å². The number of nitrogens with one attached hydrogen (secondary N) is 2. The van der Waals surface area contributed by atoms with Gasteiger partial charge in [0, 0.05) is 20.2 Å². The Bertz CT molecular complexity index is 1800. The first-order valence-corrected chi connectivity index (χ1v) is 22.6. The zero-order chi connectivity index (χ0) is 44.5. The van der Waals surface area contributed by atoms with E-state index in [-0.39, 0.29) is 55.0 Å². The number of hydrogen-bond donors (Lipinski definition) is 13. The fraction of sp³-hybridized carbons (Fsp3) is 0.419. The number of primary amides is 2. The molecule has 27 heteroatoms. The fourth-order valence-corrected chi connectivity index (χ4v) is 14.7. The molecule has 2 rings (SSSR count). The molecule has 0 bridgehead atoms. The van der Waals surface area contributed by atoms with E-state index >= 15 is 0 Å². The number of hydrogen-bond acceptors (Lipinski definition) is 15. The van der Waals surface area contributed by atoms with Crippen LogP contribution in [0.15, 0.2) is 0 Å². The lowest BCUT2D eigenvalue weighted by Crippen LogP contribution is -2.52. The second-order valence-corrected chi connectivity index (χ2v) is 18.1. The lowest BCUT2D eigenvalue weighted by molar-refractivity contribution is -0.138. The molecule has 0 aliphatic carbocycles. The van der Waals surface area contributed by atoms with E-state index in [9.17, 15) is 74.7 Å². The van der Waals surface area contributed by atoms with Crippen molar-refractivity contribution in [1.82, 2.24) is 10.6 Å². The van der Waals surface area contributed by atoms with Gasteiger partial charge >= 0.3 is 0 Å². The van der Waals surface area contributed by atoms with Crippen molar-refractivity contribution in [3.05, 3.63) is 43.7 Å². The molecule has 0 spiro atoms. The number of benzene rings is 2. The highest BCUT2D eigenvalue weighted by Crippen LogP contribution is 2.40. The van der Waals surface area contributed by atoms with Gasteiger partial charge in [-0.25, -0.2) is 0 Å². The maximum Gasteiger partial charge on any atom is 0.265 e. The molecule has 6 amide bonds. The minimum atomic E-state index is -2.68. The first kappa shape index (κ1) is 53.4. The van der Waals surface area contributed by atoms with Crippen LogP contribution in [0.4, 0.5) is 11.4 Å². The molecular weight excluding hydrogens is 1460 g/mol. The van der Waals surface area contributed by atoms with Crippen LogP contribution in [0.1, 0.15) is 41.4 Å². The van der Waals surface area contributed by atoms with Gasteiger partial charge in [-0.05, 0) is 136 Å². The summed E-state index contributed by atoms with van der Waals surface area (Å²) in [5, 5.41) is 94.7. The average molecular weight is 1490 g/mol. The number of nitrogens with zero attached hydrogens (tertiary/aromatic N) is 2. The summed E-state index contributed by atoms with van der Waals surface area (Å²) in [4.78, 5) is 82.7. The highest BCUT2D eigenvalue weighted by Gasteiger charge is 2.40. The third-order valence-corrected chi connectivity index (χ3v) is 14.4. The second-order valence-electron chi connectivity index (χ2n) is 11.7. The number of carbonyl (C=O) groups excluding carboxylic acids is 6. The molecule has 4 atom stereocenters. The zero-order valence-electron chi connectivity index (χ0n) is 29.3. The van der Waals surface area contributed by atoms with Crippen LogP contribution in [0.2, 0.25) is 0 Å². The normalized spacial score (nSPS) is 13.8. The number of nitrogens with two attached hydrogens (primary N) is 2. The SMILES string of the molecule is NC(=O)c1c(I)c(C(=O)NC(CO)C(O)CO)c(I)c(N(CCO)C(=O)C(O)C(=O)N(CCO)c2c(I)c(C(N)=O)c(I)c(C(=O)NC(CO)C(O)CO)c2I)c1I. The second kappa shape index (κ2) is 24.2. The molecule has 322 valence electrons. The van der Waals surface area contributed by atoms with E-state index < -0.39 is 119 Å². The summed E-state index contributed by atoms with van der Waals surface area (Å²) in [6.07, 6.45) is -5.91. The van der Waals surface area contributed by atoms with Gasteiger partial charge in [0.1, 0.15) is 0 Å². The number of aliphatic hydroxyl groups is 9. The molecular formula is C31H36I6N6O15. The molecule has 21 nitrogen and oxygen atoms in total. The minimum Gasteiger partial charge on any atom is -0.395 e. The first-order chi connectivity index (χ1) is 27.1. The van der Waals surface area contributed by atoms with Crippen LogP contribution in [0, 0.1) is 21.4 Å². The van der Waals surface area contributed by atoms with Gasteiger partial charge in [0.15, 0.2) is 0 Å². The van der Waals surface area contributed by atoms with Crippen molar-refractivity contribution in [2.24, 2.45) is 11.5 Å². The number of anilines is 2. The molecule has 0 fully saturated rings. The maximum atomic E-state index is 14.3. The van der Waals surface area contributed by atoms with Crippen molar-refractivity contribution in [3.8, 4) is 0 Å². The van der Waals surface area contributed by atoms with Crippen LogP contribution >= 0.6 is 136 Å². The van der Waals surface area contributed by atoms with Gasteiger partial charge in [-0.3, -0.25) is 28.8 Å². The van der Waals surface area contributed by atoms with Crippen LogP contribution < -0.4 is 31.9 Å². The van der Waals surface area contributed by atoms with Gasteiger partial charge in [0.2, 0.25) is 6.10 Å². The Hall–Kier alpha value is -0.720. The third kappa shape index (κ3) is 11.8. The molecule has 58 heavy (non-hydrogen) atoms. The Labute approximate surface area is 410 Å². The van der Waals surface area contributed by atoms with Crippen LogP contribution in [0.3, 0.4) is 0 Å². The Balaban J connectivity index is 2.89. The van der Waals surface area contributed by atoms with E-state index in [0.717, 1.165) is 0 Å². The van der Waals surface area contributed by atoms with Crippen LogP contribution in [0.5, 0.6) is 0 Å². The van der Waals surface area contributed by atoms with Gasteiger partial charge in [-0.1, -0.05) is 0 Å². The Kier molecular flexibility index (Phi) is 22.3. The highest BCUT2D eigenvalue weighted by atomic mass is 127. The van der Waals surface area contributed by atoms with Gasteiger partial charge in [0.05, 0.1) is 112 Å². The zero-order valence-corrected chi connectivity index (χ0v) is 42.3. The van der Waals surface area contributed by atoms with E-state index in [1.54, 1.807) is 136 Å². The van der Waals surface area contributed by atoms with Crippen LogP contribution in [0.25, 0.3) is 0 Å². The van der Waals surface area contributed by atoms with E-state index in [4.69, 9.17) is 11.5 Å². The molecule has 0 heterocycles. The largest absolute Gasteiger partial charge is 0.395 e. The number of amides is 6. The average Bonchev–Trinajstić information content (AvgIpc) is 3.16. The van der Waals surface area contributed by atoms with Gasteiger partial charge in [0.25, 0.3) is 35.4 Å². The Morgan fingerprint density at radius 2 is 0.793 bits per heavy atom. The summed E-state index contributed by atoms with van der Waals surface area (Å²) >= 11 is 9.83. The topological polar surface area (TPSA) is 367 Å². The monoisotopic (exact) mass is 1490 g/mol. The predicted octanol–water partition coefficient (Wildman–Crippen LogP) is -2.89. The summed E-state index contributed by atoms with van der Waals surface area (Å²) in [6, 6.07) is -2.79. The van der Waals surface area contributed by atoms with Crippen molar-refractivity contribution in [2.75, 3.05) is 62.5 Å². The molecule has 0 aliphatic heterocycles. The van der Waals surface area contributed by atoms with Crippen molar-refractivity contribution < 1.29 is 74.7 Å². The summed E-state index contributed by atoms with van der Waals surface area (Å²) in [6.45, 7) is -6.26. The smallest absolute Gasteiger partial charge is 0.265 e. The lowest BCUT2D eigenvalue weighted by atomic mass is 10.0. The van der Waals surface area contributed by atoms with Crippen LogP contribution in [-0.2, 0) is 9.59 Å². The molecule has 0 radical (unpaired) electrons. The molecule has 0 saturated heterocycles. The minimum absolute atomic E-state index is 0.0402. The number of rotatable bonds is 20. The van der Waals surface area contributed by atoms with Gasteiger partial charge < -0.3 is 77.9 Å². The quantitative estimate of drug-likeness (QED) is 0.0468. The Morgan fingerprint density at radius 1 is 0.500 bits per heavy atom.